The van der Waals surface area contributed by atoms with Crippen LogP contribution in [0, 0.1) is 0 Å². The quantitative estimate of drug-likeness (QED) is 0.701. The molecule has 1 amide bonds. The zero-order valence-electron chi connectivity index (χ0n) is 13.8. The number of allylic oxidation sites excluding steroid dienone is 1. The van der Waals surface area contributed by atoms with Crippen molar-refractivity contribution in [3.8, 4) is 5.75 Å². The monoisotopic (exact) mass is 340 g/mol. The molecule has 0 heterocycles. The molecule has 0 saturated heterocycles. The van der Waals surface area contributed by atoms with E-state index in [1.165, 1.54) is 23.5 Å². The molecule has 0 aromatic heterocycles. The molecule has 0 spiro atoms. The van der Waals surface area contributed by atoms with Gasteiger partial charge in [0.2, 0.25) is 15.9 Å². The molecule has 23 heavy (non-hydrogen) atoms. The molecule has 1 N–H and O–H groups in total. The van der Waals surface area contributed by atoms with Gasteiger partial charge in [-0.05, 0) is 24.6 Å². The molecule has 1 aromatic carbocycles. The summed E-state index contributed by atoms with van der Waals surface area (Å²) in [5.41, 5.74) is 0.342. The maximum atomic E-state index is 12.6. The molecule has 0 bridgehead atoms. The van der Waals surface area contributed by atoms with Crippen molar-refractivity contribution in [2.75, 3.05) is 25.5 Å². The van der Waals surface area contributed by atoms with Crippen molar-refractivity contribution in [2.24, 2.45) is 0 Å². The lowest BCUT2D eigenvalue weighted by atomic mass is 10.2. The fourth-order valence-electron chi connectivity index (χ4n) is 2.10. The fraction of sp³-hybridized carbons (Fsp3) is 0.438. The number of nitrogens with one attached hydrogen (secondary N) is 1. The molecule has 128 valence electrons. The Labute approximate surface area is 138 Å². The van der Waals surface area contributed by atoms with Crippen molar-refractivity contribution in [3.63, 3.8) is 0 Å². The second kappa shape index (κ2) is 8.69. The molecular formula is C16H24N2O4S. The predicted molar refractivity (Wildman–Crippen MR) is 91.2 cm³/mol. The van der Waals surface area contributed by atoms with Gasteiger partial charge in [-0.15, -0.1) is 6.58 Å². The van der Waals surface area contributed by atoms with Crippen LogP contribution in [-0.2, 0) is 14.8 Å². The van der Waals surface area contributed by atoms with Crippen molar-refractivity contribution >= 4 is 21.6 Å². The van der Waals surface area contributed by atoms with Crippen LogP contribution in [0.1, 0.15) is 26.7 Å². The van der Waals surface area contributed by atoms with E-state index >= 15 is 0 Å². The molecule has 0 fully saturated rings. The van der Waals surface area contributed by atoms with Gasteiger partial charge in [0, 0.05) is 19.5 Å². The Kier molecular flexibility index (Phi) is 7.25. The minimum absolute atomic E-state index is 0.126. The van der Waals surface area contributed by atoms with Gasteiger partial charge in [-0.25, -0.2) is 8.42 Å². The SMILES string of the molecule is C=CCCC(=O)Nc1cc(S(=O)(=O)N(CC)CC)ccc1OC. The molecule has 1 rings (SSSR count). The summed E-state index contributed by atoms with van der Waals surface area (Å²) >= 11 is 0. The summed E-state index contributed by atoms with van der Waals surface area (Å²) in [7, 11) is -2.13. The molecule has 6 nitrogen and oxygen atoms in total. The summed E-state index contributed by atoms with van der Waals surface area (Å²) in [6.07, 6.45) is 2.48. The van der Waals surface area contributed by atoms with Crippen LogP contribution in [-0.4, -0.2) is 38.8 Å². The summed E-state index contributed by atoms with van der Waals surface area (Å²) in [5.74, 6) is 0.191. The normalized spacial score (nSPS) is 11.3. The van der Waals surface area contributed by atoms with Crippen molar-refractivity contribution in [1.82, 2.24) is 4.31 Å². The Bertz CT molecular complexity index is 652. The van der Waals surface area contributed by atoms with Gasteiger partial charge in [0.25, 0.3) is 0 Å². The van der Waals surface area contributed by atoms with Gasteiger partial charge in [-0.1, -0.05) is 19.9 Å². The number of nitrogens with zero attached hydrogens (tertiary/aromatic N) is 1. The number of hydrogen-bond donors (Lipinski definition) is 1. The van der Waals surface area contributed by atoms with Gasteiger partial charge in [-0.2, -0.15) is 4.31 Å². The van der Waals surface area contributed by atoms with E-state index in [9.17, 15) is 13.2 Å². The molecule has 0 radical (unpaired) electrons. The molecule has 0 saturated carbocycles. The van der Waals surface area contributed by atoms with Gasteiger partial charge < -0.3 is 10.1 Å². The lowest BCUT2D eigenvalue weighted by Crippen LogP contribution is -2.30. The molecule has 0 unspecified atom stereocenters. The van der Waals surface area contributed by atoms with Gasteiger partial charge in [0.05, 0.1) is 17.7 Å². The topological polar surface area (TPSA) is 75.7 Å². The second-order valence-electron chi connectivity index (χ2n) is 4.83. The lowest BCUT2D eigenvalue weighted by Gasteiger charge is -2.19. The summed E-state index contributed by atoms with van der Waals surface area (Å²) in [6, 6.07) is 4.45. The standard InChI is InChI=1S/C16H24N2O4S/c1-5-8-9-16(19)17-14-12-13(10-11-15(14)22-4)23(20,21)18(6-2)7-3/h5,10-12H,1,6-9H2,2-4H3,(H,17,19). The highest BCUT2D eigenvalue weighted by Crippen LogP contribution is 2.29. The third kappa shape index (κ3) is 4.80. The molecule has 1 aromatic rings. The maximum Gasteiger partial charge on any atom is 0.243 e. The van der Waals surface area contributed by atoms with Crippen LogP contribution in [0.5, 0.6) is 5.75 Å². The van der Waals surface area contributed by atoms with Gasteiger partial charge in [-0.3, -0.25) is 4.79 Å². The van der Waals surface area contributed by atoms with E-state index < -0.39 is 10.0 Å². The van der Waals surface area contributed by atoms with Crippen molar-refractivity contribution in [2.45, 2.75) is 31.6 Å². The molecule has 0 aliphatic rings. The Morgan fingerprint density at radius 3 is 2.52 bits per heavy atom. The Balaban J connectivity index is 3.16. The average molecular weight is 340 g/mol. The third-order valence-corrected chi connectivity index (χ3v) is 5.41. The molecule has 7 heteroatoms. The van der Waals surface area contributed by atoms with Crippen molar-refractivity contribution in [3.05, 3.63) is 30.9 Å². The number of hydrogen-bond acceptors (Lipinski definition) is 4. The minimum atomic E-state index is -3.59. The number of anilines is 1. The van der Waals surface area contributed by atoms with Crippen LogP contribution in [0.15, 0.2) is 35.7 Å². The highest BCUT2D eigenvalue weighted by Gasteiger charge is 2.23. The average Bonchev–Trinajstić information content (AvgIpc) is 2.53. The first-order chi connectivity index (χ1) is 10.9. The Morgan fingerprint density at radius 2 is 2.00 bits per heavy atom. The number of carbonyl (C=O) groups excluding carboxylic acids is 1. The fourth-order valence-corrected chi connectivity index (χ4v) is 3.59. The third-order valence-electron chi connectivity index (χ3n) is 3.36. The van der Waals surface area contributed by atoms with E-state index in [2.05, 4.69) is 11.9 Å². The lowest BCUT2D eigenvalue weighted by molar-refractivity contribution is -0.116. The van der Waals surface area contributed by atoms with E-state index in [0.717, 1.165) is 0 Å². The molecule has 0 atom stereocenters. The first-order valence-electron chi connectivity index (χ1n) is 7.49. The summed E-state index contributed by atoms with van der Waals surface area (Å²) < 4.78 is 31.7. The van der Waals surface area contributed by atoms with Crippen LogP contribution in [0.2, 0.25) is 0 Å². The molecular weight excluding hydrogens is 316 g/mol. The first kappa shape index (κ1) is 19.2. The van der Waals surface area contributed by atoms with Crippen molar-refractivity contribution < 1.29 is 17.9 Å². The Hall–Kier alpha value is -1.86. The van der Waals surface area contributed by atoms with Gasteiger partial charge in [0.15, 0.2) is 0 Å². The van der Waals surface area contributed by atoms with Crippen LogP contribution in [0.25, 0.3) is 0 Å². The number of rotatable bonds is 9. The van der Waals surface area contributed by atoms with Crippen LogP contribution in [0.3, 0.4) is 0 Å². The summed E-state index contributed by atoms with van der Waals surface area (Å²) in [5, 5.41) is 2.69. The number of methoxy groups -OCH3 is 1. The summed E-state index contributed by atoms with van der Waals surface area (Å²) in [4.78, 5) is 12.0. The van der Waals surface area contributed by atoms with Crippen LogP contribution < -0.4 is 10.1 Å². The highest BCUT2D eigenvalue weighted by molar-refractivity contribution is 7.89. The van der Waals surface area contributed by atoms with E-state index in [0.29, 0.717) is 30.9 Å². The number of ether oxygens (including phenoxy) is 1. The number of carbonyl (C=O) groups is 1. The van der Waals surface area contributed by atoms with E-state index in [-0.39, 0.29) is 17.2 Å². The smallest absolute Gasteiger partial charge is 0.243 e. The minimum Gasteiger partial charge on any atom is -0.495 e. The van der Waals surface area contributed by atoms with Crippen LogP contribution >= 0.6 is 0 Å². The molecule has 0 aliphatic heterocycles. The summed E-state index contributed by atoms with van der Waals surface area (Å²) in [6.45, 7) is 7.89. The number of amides is 1. The van der Waals surface area contributed by atoms with E-state index in [4.69, 9.17) is 4.74 Å². The highest BCUT2D eigenvalue weighted by atomic mass is 32.2. The number of benzene rings is 1. The molecule has 0 aliphatic carbocycles. The Morgan fingerprint density at radius 1 is 1.35 bits per heavy atom. The second-order valence-corrected chi connectivity index (χ2v) is 6.76. The zero-order chi connectivity index (χ0) is 17.5. The van der Waals surface area contributed by atoms with Crippen LogP contribution in [0.4, 0.5) is 5.69 Å². The van der Waals surface area contributed by atoms with Gasteiger partial charge in [0.1, 0.15) is 5.75 Å². The van der Waals surface area contributed by atoms with Crippen molar-refractivity contribution in [1.29, 1.82) is 0 Å². The van der Waals surface area contributed by atoms with Gasteiger partial charge >= 0.3 is 0 Å². The largest absolute Gasteiger partial charge is 0.495 e. The maximum absolute atomic E-state index is 12.6. The predicted octanol–water partition coefficient (Wildman–Crippen LogP) is 2.63. The van der Waals surface area contributed by atoms with E-state index in [1.54, 1.807) is 26.0 Å². The zero-order valence-corrected chi connectivity index (χ0v) is 14.6. The number of sulfonamides is 1. The first-order valence-corrected chi connectivity index (χ1v) is 8.93. The van der Waals surface area contributed by atoms with E-state index in [1.807, 2.05) is 0 Å².